The average molecular weight is 650 g/mol. The van der Waals surface area contributed by atoms with Crippen molar-refractivity contribution in [2.24, 2.45) is 5.92 Å². The van der Waals surface area contributed by atoms with Crippen LogP contribution in [-0.4, -0.2) is 32.6 Å². The van der Waals surface area contributed by atoms with Gasteiger partial charge in [0.05, 0.1) is 24.3 Å². The largest absolute Gasteiger partial charge is 0.573 e. The van der Waals surface area contributed by atoms with Gasteiger partial charge in [0.1, 0.15) is 11.5 Å². The van der Waals surface area contributed by atoms with Crippen molar-refractivity contribution < 1.29 is 49.0 Å². The lowest BCUT2D eigenvalue weighted by molar-refractivity contribution is -0.274. The molecule has 0 radical (unpaired) electrons. The minimum absolute atomic E-state index is 0.0559. The number of fused-ring (bicyclic) bond motifs is 1. The number of nitrogens with one attached hydrogen (secondary N) is 3. The predicted octanol–water partition coefficient (Wildman–Crippen LogP) is 7.79. The van der Waals surface area contributed by atoms with E-state index in [0.717, 1.165) is 25.1 Å². The number of halogens is 9. The Morgan fingerprint density at radius 3 is 2.02 bits per heavy atom. The highest BCUT2D eigenvalue weighted by Gasteiger charge is 2.63. The fraction of sp³-hybridized carbons (Fsp3) is 0.419. The molecule has 5 rings (SSSR count). The summed E-state index contributed by atoms with van der Waals surface area (Å²) in [4.78, 5) is 0. The first-order valence-electron chi connectivity index (χ1n) is 13.9. The Kier molecular flexibility index (Phi) is 10.0. The van der Waals surface area contributed by atoms with Crippen LogP contribution >= 0.6 is 0 Å². The van der Waals surface area contributed by atoms with Gasteiger partial charge in [-0.25, -0.2) is 0 Å². The van der Waals surface area contributed by atoms with Crippen LogP contribution in [0.4, 0.5) is 39.5 Å². The fourth-order valence-electron chi connectivity index (χ4n) is 5.52. The summed E-state index contributed by atoms with van der Waals surface area (Å²) >= 11 is 0. The number of rotatable bonds is 8. The van der Waals surface area contributed by atoms with Crippen LogP contribution in [0.5, 0.6) is 11.5 Å². The normalized spacial score (nSPS) is 21.8. The van der Waals surface area contributed by atoms with Crippen LogP contribution in [0.15, 0.2) is 66.7 Å². The molecule has 246 valence electrons. The highest BCUT2D eigenvalue weighted by Crippen LogP contribution is 2.56. The van der Waals surface area contributed by atoms with E-state index in [1.54, 1.807) is 0 Å². The molecular formula is C31H32F9N3O2. The molecule has 3 aromatic carbocycles. The Morgan fingerprint density at radius 2 is 1.51 bits per heavy atom. The zero-order chi connectivity index (χ0) is 33.2. The highest BCUT2D eigenvalue weighted by molar-refractivity contribution is 5.41. The van der Waals surface area contributed by atoms with E-state index >= 15 is 0 Å². The van der Waals surface area contributed by atoms with Crippen molar-refractivity contribution in [1.29, 1.82) is 0 Å². The molecule has 2 fully saturated rings. The predicted molar refractivity (Wildman–Crippen MR) is 148 cm³/mol. The molecule has 1 heterocycles. The van der Waals surface area contributed by atoms with Crippen LogP contribution in [0.2, 0.25) is 0 Å². The minimum Gasteiger partial charge on any atom is -0.496 e. The van der Waals surface area contributed by atoms with Crippen molar-refractivity contribution in [3.8, 4) is 11.5 Å². The third kappa shape index (κ3) is 8.41. The molecule has 0 amide bonds. The summed E-state index contributed by atoms with van der Waals surface area (Å²) in [5.74, 6) is 0.810. The molecule has 1 saturated heterocycles. The Bertz CT molecular complexity index is 1410. The molecule has 4 atom stereocenters. The Hall–Kier alpha value is -3.49. The number of benzene rings is 3. The monoisotopic (exact) mass is 649 g/mol. The number of methoxy groups -OCH3 is 1. The van der Waals surface area contributed by atoms with Gasteiger partial charge >= 0.3 is 18.7 Å². The molecule has 1 aliphatic heterocycles. The lowest BCUT2D eigenvalue weighted by Crippen LogP contribution is -2.39. The third-order valence-electron chi connectivity index (χ3n) is 8.01. The maximum Gasteiger partial charge on any atom is 0.573 e. The zero-order valence-corrected chi connectivity index (χ0v) is 24.4. The first-order chi connectivity index (χ1) is 21.0. The summed E-state index contributed by atoms with van der Waals surface area (Å²) in [6, 6.07) is 15.5. The number of hydrogen-bond acceptors (Lipinski definition) is 5. The maximum atomic E-state index is 12.5. The van der Waals surface area contributed by atoms with Gasteiger partial charge in [-0.05, 0) is 73.8 Å². The van der Waals surface area contributed by atoms with Gasteiger partial charge in [-0.3, -0.25) is 0 Å². The summed E-state index contributed by atoms with van der Waals surface area (Å²) in [7, 11) is 2.96. The molecule has 5 nitrogen and oxygen atoms in total. The van der Waals surface area contributed by atoms with Crippen LogP contribution in [-0.2, 0) is 18.9 Å². The van der Waals surface area contributed by atoms with E-state index in [9.17, 15) is 39.5 Å². The zero-order valence-electron chi connectivity index (χ0n) is 24.4. The third-order valence-corrected chi connectivity index (χ3v) is 8.01. The first kappa shape index (κ1) is 34.4. The Labute approximate surface area is 254 Å². The first-order valence-corrected chi connectivity index (χ1v) is 13.9. The lowest BCUT2D eigenvalue weighted by Gasteiger charge is -2.26. The van der Waals surface area contributed by atoms with Crippen molar-refractivity contribution in [1.82, 2.24) is 16.0 Å². The van der Waals surface area contributed by atoms with Gasteiger partial charge in [0.15, 0.2) is 0 Å². The van der Waals surface area contributed by atoms with E-state index in [2.05, 4.69) is 32.8 Å². The second kappa shape index (κ2) is 13.1. The van der Waals surface area contributed by atoms with E-state index < -0.39 is 35.9 Å². The summed E-state index contributed by atoms with van der Waals surface area (Å²) in [5.41, 5.74) is -0.875. The minimum atomic E-state index is -4.80. The maximum absolute atomic E-state index is 12.5. The van der Waals surface area contributed by atoms with E-state index in [1.165, 1.54) is 44.8 Å². The average Bonchev–Trinajstić information content (AvgIpc) is 3.57. The van der Waals surface area contributed by atoms with E-state index in [0.29, 0.717) is 23.8 Å². The van der Waals surface area contributed by atoms with Crippen LogP contribution < -0.4 is 25.4 Å². The number of hydrogen-bond donors (Lipinski definition) is 3. The molecule has 0 spiro atoms. The van der Waals surface area contributed by atoms with Gasteiger partial charge in [0.2, 0.25) is 0 Å². The Balaban J connectivity index is 0.000000224. The van der Waals surface area contributed by atoms with E-state index in [-0.39, 0.29) is 29.0 Å². The van der Waals surface area contributed by atoms with E-state index in [1.807, 2.05) is 18.2 Å². The molecule has 1 saturated carbocycles. The number of alkyl halides is 9. The second-order valence-electron chi connectivity index (χ2n) is 10.9. The van der Waals surface area contributed by atoms with Crippen LogP contribution in [0.1, 0.15) is 53.2 Å². The van der Waals surface area contributed by atoms with Crippen LogP contribution in [0, 0.1) is 5.92 Å². The van der Waals surface area contributed by atoms with Crippen molar-refractivity contribution in [2.45, 2.75) is 56.2 Å². The van der Waals surface area contributed by atoms with Crippen molar-refractivity contribution >= 4 is 0 Å². The number of piperidine rings is 1. The molecule has 14 heteroatoms. The summed E-state index contributed by atoms with van der Waals surface area (Å²) in [6.07, 6.45) is -13.3. The van der Waals surface area contributed by atoms with Gasteiger partial charge in [0, 0.05) is 30.2 Å². The van der Waals surface area contributed by atoms with Crippen molar-refractivity contribution in [3.63, 3.8) is 0 Å². The number of ether oxygens (including phenoxy) is 2. The van der Waals surface area contributed by atoms with Gasteiger partial charge in [-0.1, -0.05) is 30.3 Å². The van der Waals surface area contributed by atoms with Gasteiger partial charge < -0.3 is 25.4 Å². The Morgan fingerprint density at radius 1 is 0.889 bits per heavy atom. The van der Waals surface area contributed by atoms with Crippen LogP contribution in [0.3, 0.4) is 0 Å². The molecule has 1 aliphatic carbocycles. The molecule has 0 aromatic heterocycles. The van der Waals surface area contributed by atoms with Crippen LogP contribution in [0.25, 0.3) is 0 Å². The lowest BCUT2D eigenvalue weighted by atomic mass is 9.97. The van der Waals surface area contributed by atoms with Gasteiger partial charge in [-0.2, -0.15) is 26.3 Å². The molecule has 2 aliphatic rings. The SMILES string of the molecule is CN[C@@H](C)c1cc(C(F)(F)F)cc(C(F)(F)F)c1.COc1ccc(OC(F)(F)F)cc1CN[C@@]12CC1CN[C@H]2c1ccccc1. The van der Waals surface area contributed by atoms with Crippen molar-refractivity contribution in [2.75, 3.05) is 20.7 Å². The van der Waals surface area contributed by atoms with Gasteiger partial charge in [-0.15, -0.1) is 13.2 Å². The quantitative estimate of drug-likeness (QED) is 0.218. The van der Waals surface area contributed by atoms with Crippen molar-refractivity contribution in [3.05, 3.63) is 94.5 Å². The highest BCUT2D eigenvalue weighted by atomic mass is 19.4. The standard InChI is InChI=1S/C20H21F3N2O2.C11H11F6N/c1-26-17-8-7-16(27-20(21,22)23)9-14(17)11-25-19-10-15(19)12-24-18(19)13-5-3-2-4-6-13;1-6(18-2)7-3-8(10(12,13)14)5-9(4-7)11(15,16)17/h2-9,15,18,24-25H,10-12H2,1H3;3-6,18H,1-2H3/t15?,18-,19-;6-/m00/s1. The molecular weight excluding hydrogens is 617 g/mol. The molecule has 0 bridgehead atoms. The van der Waals surface area contributed by atoms with E-state index in [4.69, 9.17) is 4.74 Å². The summed E-state index contributed by atoms with van der Waals surface area (Å²) < 4.78 is 122. The topological polar surface area (TPSA) is 54.5 Å². The molecule has 3 aromatic rings. The smallest absolute Gasteiger partial charge is 0.496 e. The second-order valence-corrected chi connectivity index (χ2v) is 10.9. The molecule has 45 heavy (non-hydrogen) atoms. The molecule has 1 unspecified atom stereocenters. The molecule has 3 N–H and O–H groups in total. The van der Waals surface area contributed by atoms with Gasteiger partial charge in [0.25, 0.3) is 0 Å². The fourth-order valence-corrected chi connectivity index (χ4v) is 5.52. The summed E-state index contributed by atoms with van der Waals surface area (Å²) in [6.45, 7) is 2.82. The summed E-state index contributed by atoms with van der Waals surface area (Å²) in [5, 5.41) is 9.74.